The highest BCUT2D eigenvalue weighted by Gasteiger charge is 2.36. The van der Waals surface area contributed by atoms with Gasteiger partial charge >= 0.3 is 12.4 Å². The lowest BCUT2D eigenvalue weighted by atomic mass is 9.89. The molecule has 3 fully saturated rings. The fourth-order valence-electron chi connectivity index (χ4n) is 8.14. The lowest BCUT2D eigenvalue weighted by Crippen LogP contribution is -2.52. The second-order valence-electron chi connectivity index (χ2n) is 15.0. The van der Waals surface area contributed by atoms with E-state index in [0.717, 1.165) is 42.3 Å². The second kappa shape index (κ2) is 16.1. The van der Waals surface area contributed by atoms with Gasteiger partial charge < -0.3 is 39.7 Å². The van der Waals surface area contributed by atoms with Gasteiger partial charge in [0, 0.05) is 63.8 Å². The topological polar surface area (TPSA) is 136 Å². The normalized spacial score (nSPS) is 19.7. The molecule has 3 aliphatic heterocycles. The van der Waals surface area contributed by atoms with Crippen LogP contribution in [-0.2, 0) is 11.8 Å². The van der Waals surface area contributed by atoms with Crippen molar-refractivity contribution in [3.8, 4) is 16.9 Å². The predicted molar refractivity (Wildman–Crippen MR) is 204 cm³/mol. The van der Waals surface area contributed by atoms with E-state index in [1.54, 1.807) is 11.9 Å². The maximum absolute atomic E-state index is 14.0. The molecule has 3 aromatic carbocycles. The van der Waals surface area contributed by atoms with Crippen molar-refractivity contribution in [2.75, 3.05) is 38.5 Å². The summed E-state index contributed by atoms with van der Waals surface area (Å²) in [5.41, 5.74) is 1.80. The van der Waals surface area contributed by atoms with Crippen LogP contribution >= 0.6 is 0 Å². The summed E-state index contributed by atoms with van der Waals surface area (Å²) in [5.74, 6) is -1.95. The van der Waals surface area contributed by atoms with Crippen LogP contribution in [0.1, 0.15) is 60.4 Å². The monoisotopic (exact) mass is 792 g/mol. The second-order valence-corrected chi connectivity index (χ2v) is 15.0. The number of fused-ring (bicyclic) bond motifs is 1. The molecule has 0 radical (unpaired) electrons. The number of aryl methyl sites for hydroxylation is 1. The minimum Gasteiger partial charge on any atom is -0.405 e. The van der Waals surface area contributed by atoms with Gasteiger partial charge in [0.2, 0.25) is 5.91 Å². The minimum atomic E-state index is -5.10. The van der Waals surface area contributed by atoms with Crippen molar-refractivity contribution < 1.29 is 41.8 Å². The first kappa shape index (κ1) is 39.6. The summed E-state index contributed by atoms with van der Waals surface area (Å²) in [5, 5.41) is 15.8. The third-order valence-corrected chi connectivity index (χ3v) is 11.3. The Morgan fingerprint density at radius 2 is 1.56 bits per heavy atom. The number of carbonyl (C=O) groups excluding carboxylic acids is 3. The quantitative estimate of drug-likeness (QED) is 0.202. The van der Waals surface area contributed by atoms with Gasteiger partial charge in [-0.3, -0.25) is 14.4 Å². The summed E-state index contributed by atoms with van der Waals surface area (Å²) < 4.78 is 60.6. The van der Waals surface area contributed by atoms with Crippen molar-refractivity contribution in [2.24, 2.45) is 7.05 Å². The first-order chi connectivity index (χ1) is 27.1. The molecule has 0 saturated carbocycles. The van der Waals surface area contributed by atoms with E-state index >= 15 is 0 Å². The first-order valence-electron chi connectivity index (χ1n) is 19.0. The van der Waals surface area contributed by atoms with Crippen LogP contribution in [0.5, 0.6) is 5.75 Å². The standard InChI is InChI=1S/C41H44F4N6O6/c1-48-23-33(30-10-6-27(42)22-32(30)38(48)54)26-5-9-31(35(21-26)57-41(43,44)45)39(55)50-19-15-29(16-20-50)49(2)40(56)51-17-13-25(14-18-51)24-3-7-28(8-4-24)46-34-11-12-36(52)47-37(34)53/h3-10,21-23,25,29,34,36,46,52H,11-20H2,1-2H3,(H,47,53). The van der Waals surface area contributed by atoms with Crippen LogP contribution in [-0.4, -0.2) is 100 Å². The van der Waals surface area contributed by atoms with Crippen LogP contribution in [0.2, 0.25) is 0 Å². The Morgan fingerprint density at radius 1 is 0.877 bits per heavy atom. The maximum atomic E-state index is 14.0. The molecular formula is C41H44F4N6O6. The Morgan fingerprint density at radius 3 is 2.23 bits per heavy atom. The highest BCUT2D eigenvalue weighted by atomic mass is 19.4. The van der Waals surface area contributed by atoms with Crippen LogP contribution in [0.4, 0.5) is 28.0 Å². The van der Waals surface area contributed by atoms with E-state index in [9.17, 15) is 41.8 Å². The molecule has 0 spiro atoms. The van der Waals surface area contributed by atoms with Crippen molar-refractivity contribution in [3.63, 3.8) is 0 Å². The van der Waals surface area contributed by atoms with Gasteiger partial charge in [0.25, 0.3) is 11.5 Å². The molecule has 4 aromatic rings. The number of anilines is 1. The van der Waals surface area contributed by atoms with Crippen LogP contribution < -0.4 is 20.9 Å². The molecule has 1 aromatic heterocycles. The summed E-state index contributed by atoms with van der Waals surface area (Å²) in [6.45, 7) is 1.57. The number of nitrogens with one attached hydrogen (secondary N) is 2. The number of aliphatic hydroxyl groups is 1. The summed E-state index contributed by atoms with van der Waals surface area (Å²) in [4.78, 5) is 57.1. The summed E-state index contributed by atoms with van der Waals surface area (Å²) >= 11 is 0. The number of hydrogen-bond acceptors (Lipinski definition) is 7. The van der Waals surface area contributed by atoms with Crippen molar-refractivity contribution >= 4 is 34.3 Å². The molecule has 4 heterocycles. The number of nitrogens with zero attached hydrogens (tertiary/aromatic N) is 4. The Labute approximate surface area is 326 Å². The minimum absolute atomic E-state index is 0.0522. The Balaban J connectivity index is 0.954. The highest BCUT2D eigenvalue weighted by Crippen LogP contribution is 2.36. The molecule has 0 bridgehead atoms. The van der Waals surface area contributed by atoms with Crippen LogP contribution in [0.15, 0.2) is 71.7 Å². The smallest absolute Gasteiger partial charge is 0.405 e. The zero-order valence-electron chi connectivity index (χ0n) is 31.5. The van der Waals surface area contributed by atoms with Gasteiger partial charge in [0.15, 0.2) is 0 Å². The van der Waals surface area contributed by atoms with E-state index in [0.29, 0.717) is 49.7 Å². The number of piperidine rings is 3. The number of rotatable bonds is 7. The molecule has 16 heteroatoms. The van der Waals surface area contributed by atoms with Crippen LogP contribution in [0.3, 0.4) is 0 Å². The average Bonchev–Trinajstić information content (AvgIpc) is 3.19. The number of ether oxygens (including phenoxy) is 1. The molecule has 57 heavy (non-hydrogen) atoms. The number of aliphatic hydroxyl groups excluding tert-OH is 1. The zero-order valence-corrected chi connectivity index (χ0v) is 31.5. The van der Waals surface area contributed by atoms with Gasteiger partial charge in [-0.2, -0.15) is 0 Å². The van der Waals surface area contributed by atoms with Gasteiger partial charge in [-0.1, -0.05) is 24.3 Å². The van der Waals surface area contributed by atoms with Crippen molar-refractivity contribution in [3.05, 3.63) is 94.2 Å². The van der Waals surface area contributed by atoms with E-state index in [-0.39, 0.29) is 53.5 Å². The van der Waals surface area contributed by atoms with Gasteiger partial charge in [-0.05, 0) is 97.4 Å². The van der Waals surface area contributed by atoms with Crippen molar-refractivity contribution in [1.29, 1.82) is 0 Å². The van der Waals surface area contributed by atoms with Crippen LogP contribution in [0, 0.1) is 5.82 Å². The molecule has 302 valence electrons. The van der Waals surface area contributed by atoms with E-state index < -0.39 is 41.7 Å². The van der Waals surface area contributed by atoms with E-state index in [2.05, 4.69) is 15.4 Å². The predicted octanol–water partition coefficient (Wildman–Crippen LogP) is 5.79. The fraction of sp³-hybridized carbons (Fsp3) is 0.415. The molecule has 0 aliphatic carbocycles. The Hall–Kier alpha value is -5.64. The lowest BCUT2D eigenvalue weighted by Gasteiger charge is -2.40. The molecular weight excluding hydrogens is 748 g/mol. The van der Waals surface area contributed by atoms with Gasteiger partial charge in [0.1, 0.15) is 23.8 Å². The van der Waals surface area contributed by atoms with E-state index in [1.807, 2.05) is 29.2 Å². The molecule has 4 amide bonds. The number of carbonyl (C=O) groups is 3. The molecule has 3 N–H and O–H groups in total. The van der Waals surface area contributed by atoms with Crippen molar-refractivity contribution in [1.82, 2.24) is 24.6 Å². The number of pyridine rings is 1. The van der Waals surface area contributed by atoms with Gasteiger partial charge in [-0.15, -0.1) is 13.2 Å². The zero-order chi connectivity index (χ0) is 40.6. The first-order valence-corrected chi connectivity index (χ1v) is 19.0. The Kier molecular flexibility index (Phi) is 11.2. The number of amides is 4. The lowest BCUT2D eigenvalue weighted by molar-refractivity contribution is -0.274. The third-order valence-electron chi connectivity index (χ3n) is 11.3. The highest BCUT2D eigenvalue weighted by molar-refractivity contribution is 6.00. The summed E-state index contributed by atoms with van der Waals surface area (Å²) in [7, 11) is 3.19. The molecule has 3 saturated heterocycles. The fourth-order valence-corrected chi connectivity index (χ4v) is 8.14. The third kappa shape index (κ3) is 8.70. The SMILES string of the molecule is CN(C(=O)N1CCC(c2ccc(NC3CCC(O)NC3=O)cc2)CC1)C1CCN(C(=O)c2ccc(-c3cn(C)c(=O)c4cc(F)ccc34)cc2OC(F)(F)F)CC1. The van der Waals surface area contributed by atoms with E-state index in [4.69, 9.17) is 0 Å². The molecule has 7 rings (SSSR count). The number of alkyl halides is 3. The number of urea groups is 1. The average molecular weight is 793 g/mol. The molecule has 2 unspecified atom stereocenters. The number of hydrogen-bond donors (Lipinski definition) is 3. The van der Waals surface area contributed by atoms with Crippen molar-refractivity contribution in [2.45, 2.75) is 69.1 Å². The van der Waals surface area contributed by atoms with Crippen LogP contribution in [0.25, 0.3) is 21.9 Å². The molecule has 2 atom stereocenters. The molecule has 3 aliphatic rings. The summed E-state index contributed by atoms with van der Waals surface area (Å²) in [6.07, 6.45) is -1.02. The molecule has 12 nitrogen and oxygen atoms in total. The maximum Gasteiger partial charge on any atom is 0.573 e. The number of likely N-dealkylation sites (tertiary alicyclic amines) is 2. The number of aromatic nitrogens is 1. The number of benzene rings is 3. The van der Waals surface area contributed by atoms with E-state index in [1.165, 1.54) is 40.9 Å². The largest absolute Gasteiger partial charge is 0.573 e. The van der Waals surface area contributed by atoms with Gasteiger partial charge in [-0.25, -0.2) is 9.18 Å². The Bertz CT molecular complexity index is 2210. The van der Waals surface area contributed by atoms with Gasteiger partial charge in [0.05, 0.1) is 10.9 Å². The summed E-state index contributed by atoms with van der Waals surface area (Å²) in [6, 6.07) is 14.7. The number of halogens is 4.